The molecule has 0 amide bonds. The highest BCUT2D eigenvalue weighted by Gasteiger charge is 2.10. The third-order valence-corrected chi connectivity index (χ3v) is 3.23. The van der Waals surface area contributed by atoms with Crippen LogP contribution in [0.1, 0.15) is 35.5 Å². The number of nitrogens with one attached hydrogen (secondary N) is 1. The number of aryl methyl sites for hydroxylation is 1. The van der Waals surface area contributed by atoms with Gasteiger partial charge in [-0.25, -0.2) is 4.79 Å². The minimum Gasteiger partial charge on any atom is -0.478 e. The van der Waals surface area contributed by atoms with E-state index in [1.807, 2.05) is 29.8 Å². The largest absolute Gasteiger partial charge is 0.478 e. The van der Waals surface area contributed by atoms with Gasteiger partial charge in [0.2, 0.25) is 0 Å². The van der Waals surface area contributed by atoms with Gasteiger partial charge in [-0.15, -0.1) is 0 Å². The van der Waals surface area contributed by atoms with Crippen LogP contribution in [0.5, 0.6) is 0 Å². The SMILES string of the molecule is Cc1cc(NCc2ccccc2C(=O)O)nn1CC(C)C. The Bertz CT molecular complexity index is 632. The molecule has 0 spiro atoms. The molecule has 2 aromatic rings. The summed E-state index contributed by atoms with van der Waals surface area (Å²) in [4.78, 5) is 11.2. The Morgan fingerprint density at radius 2 is 2.10 bits per heavy atom. The first kappa shape index (κ1) is 15.1. The number of hydrogen-bond donors (Lipinski definition) is 2. The van der Waals surface area contributed by atoms with E-state index in [4.69, 9.17) is 5.11 Å². The van der Waals surface area contributed by atoms with Crippen LogP contribution in [-0.4, -0.2) is 20.9 Å². The van der Waals surface area contributed by atoms with Gasteiger partial charge in [0.1, 0.15) is 5.82 Å². The average molecular weight is 287 g/mol. The summed E-state index contributed by atoms with van der Waals surface area (Å²) >= 11 is 0. The molecule has 112 valence electrons. The zero-order valence-electron chi connectivity index (χ0n) is 12.6. The Labute approximate surface area is 124 Å². The van der Waals surface area contributed by atoms with Gasteiger partial charge in [0.25, 0.3) is 0 Å². The second kappa shape index (κ2) is 6.43. The summed E-state index contributed by atoms with van der Waals surface area (Å²) in [6.07, 6.45) is 0. The molecule has 1 aromatic carbocycles. The molecule has 0 fully saturated rings. The number of benzene rings is 1. The fourth-order valence-electron chi connectivity index (χ4n) is 2.20. The lowest BCUT2D eigenvalue weighted by Gasteiger charge is -2.08. The van der Waals surface area contributed by atoms with Gasteiger partial charge in [0, 0.05) is 24.8 Å². The predicted octanol–water partition coefficient (Wildman–Crippen LogP) is 3.16. The van der Waals surface area contributed by atoms with Gasteiger partial charge < -0.3 is 10.4 Å². The number of aromatic nitrogens is 2. The highest BCUT2D eigenvalue weighted by Crippen LogP contribution is 2.14. The van der Waals surface area contributed by atoms with E-state index < -0.39 is 5.97 Å². The maximum atomic E-state index is 11.2. The maximum Gasteiger partial charge on any atom is 0.336 e. The summed E-state index contributed by atoms with van der Waals surface area (Å²) in [7, 11) is 0. The maximum absolute atomic E-state index is 11.2. The van der Waals surface area contributed by atoms with Gasteiger partial charge in [-0.1, -0.05) is 32.0 Å². The van der Waals surface area contributed by atoms with E-state index in [9.17, 15) is 4.79 Å². The lowest BCUT2D eigenvalue weighted by atomic mass is 10.1. The first-order chi connectivity index (χ1) is 9.97. The Balaban J connectivity index is 2.08. The average Bonchev–Trinajstić information content (AvgIpc) is 2.76. The highest BCUT2D eigenvalue weighted by molar-refractivity contribution is 5.89. The van der Waals surface area contributed by atoms with Crippen molar-refractivity contribution in [1.29, 1.82) is 0 Å². The van der Waals surface area contributed by atoms with Gasteiger partial charge in [-0.2, -0.15) is 5.10 Å². The molecule has 0 unspecified atom stereocenters. The van der Waals surface area contributed by atoms with Crippen molar-refractivity contribution in [2.75, 3.05) is 5.32 Å². The Morgan fingerprint density at radius 3 is 2.76 bits per heavy atom. The number of anilines is 1. The molecule has 0 aliphatic heterocycles. The van der Waals surface area contributed by atoms with Gasteiger partial charge in [-0.3, -0.25) is 4.68 Å². The van der Waals surface area contributed by atoms with E-state index in [0.717, 1.165) is 23.6 Å². The van der Waals surface area contributed by atoms with E-state index in [1.165, 1.54) is 0 Å². The smallest absolute Gasteiger partial charge is 0.336 e. The summed E-state index contributed by atoms with van der Waals surface area (Å²) in [5.41, 5.74) is 2.17. The first-order valence-corrected chi connectivity index (χ1v) is 7.07. The van der Waals surface area contributed by atoms with Crippen LogP contribution < -0.4 is 5.32 Å². The monoisotopic (exact) mass is 287 g/mol. The van der Waals surface area contributed by atoms with Crippen molar-refractivity contribution in [3.05, 3.63) is 47.2 Å². The van der Waals surface area contributed by atoms with Crippen LogP contribution in [-0.2, 0) is 13.1 Å². The zero-order valence-corrected chi connectivity index (χ0v) is 12.6. The molecule has 0 bridgehead atoms. The zero-order chi connectivity index (χ0) is 15.4. The molecule has 0 aliphatic carbocycles. The fourth-order valence-corrected chi connectivity index (χ4v) is 2.20. The normalized spacial score (nSPS) is 10.9. The number of rotatable bonds is 6. The molecule has 0 aliphatic rings. The van der Waals surface area contributed by atoms with Crippen molar-refractivity contribution in [3.63, 3.8) is 0 Å². The van der Waals surface area contributed by atoms with Crippen LogP contribution in [0.15, 0.2) is 30.3 Å². The minimum absolute atomic E-state index is 0.323. The van der Waals surface area contributed by atoms with Gasteiger partial charge in [0.15, 0.2) is 0 Å². The lowest BCUT2D eigenvalue weighted by molar-refractivity contribution is 0.0696. The molecule has 5 heteroatoms. The number of aromatic carboxylic acids is 1. The van der Waals surface area contributed by atoms with Crippen LogP contribution >= 0.6 is 0 Å². The van der Waals surface area contributed by atoms with Crippen LogP contribution in [0.3, 0.4) is 0 Å². The molecule has 2 N–H and O–H groups in total. The third-order valence-electron chi connectivity index (χ3n) is 3.23. The Kier molecular flexibility index (Phi) is 4.62. The molecule has 1 heterocycles. The Morgan fingerprint density at radius 1 is 1.38 bits per heavy atom. The van der Waals surface area contributed by atoms with Crippen molar-refractivity contribution in [2.45, 2.75) is 33.9 Å². The molecule has 1 aromatic heterocycles. The molecule has 0 saturated heterocycles. The predicted molar refractivity (Wildman–Crippen MR) is 82.5 cm³/mol. The summed E-state index contributed by atoms with van der Waals surface area (Å²) in [5.74, 6) is 0.395. The number of hydrogen-bond acceptors (Lipinski definition) is 3. The summed E-state index contributed by atoms with van der Waals surface area (Å²) in [5, 5.41) is 16.9. The van der Waals surface area contributed by atoms with Crippen LogP contribution in [0.2, 0.25) is 0 Å². The van der Waals surface area contributed by atoms with E-state index in [-0.39, 0.29) is 0 Å². The van der Waals surface area contributed by atoms with Gasteiger partial charge in [0.05, 0.1) is 5.56 Å². The molecular formula is C16H21N3O2. The number of carboxylic acids is 1. The van der Waals surface area contributed by atoms with Gasteiger partial charge in [-0.05, 0) is 24.5 Å². The van der Waals surface area contributed by atoms with Crippen LogP contribution in [0.4, 0.5) is 5.82 Å². The number of carbonyl (C=O) groups is 1. The van der Waals surface area contributed by atoms with Crippen LogP contribution in [0.25, 0.3) is 0 Å². The van der Waals surface area contributed by atoms with Crippen molar-refractivity contribution in [3.8, 4) is 0 Å². The van der Waals surface area contributed by atoms with E-state index in [2.05, 4.69) is 24.3 Å². The summed E-state index contributed by atoms with van der Waals surface area (Å²) in [6, 6.07) is 8.97. The fraction of sp³-hybridized carbons (Fsp3) is 0.375. The summed E-state index contributed by atoms with van der Waals surface area (Å²) in [6.45, 7) is 7.64. The third kappa shape index (κ3) is 3.84. The first-order valence-electron chi connectivity index (χ1n) is 7.07. The van der Waals surface area contributed by atoms with E-state index in [0.29, 0.717) is 18.0 Å². The second-order valence-corrected chi connectivity index (χ2v) is 5.56. The van der Waals surface area contributed by atoms with E-state index >= 15 is 0 Å². The topological polar surface area (TPSA) is 67.2 Å². The van der Waals surface area contributed by atoms with Crippen molar-refractivity contribution >= 4 is 11.8 Å². The summed E-state index contributed by atoms with van der Waals surface area (Å²) < 4.78 is 1.97. The molecular weight excluding hydrogens is 266 g/mol. The number of carboxylic acid groups (broad SMARTS) is 1. The molecule has 0 atom stereocenters. The molecule has 21 heavy (non-hydrogen) atoms. The van der Waals surface area contributed by atoms with Crippen molar-refractivity contribution in [1.82, 2.24) is 9.78 Å². The van der Waals surface area contributed by atoms with Crippen molar-refractivity contribution in [2.24, 2.45) is 5.92 Å². The lowest BCUT2D eigenvalue weighted by Crippen LogP contribution is -2.09. The molecule has 0 saturated carbocycles. The van der Waals surface area contributed by atoms with E-state index in [1.54, 1.807) is 12.1 Å². The molecule has 5 nitrogen and oxygen atoms in total. The highest BCUT2D eigenvalue weighted by atomic mass is 16.4. The molecule has 2 rings (SSSR count). The molecule has 0 radical (unpaired) electrons. The number of nitrogens with zero attached hydrogens (tertiary/aromatic N) is 2. The van der Waals surface area contributed by atoms with Crippen molar-refractivity contribution < 1.29 is 9.90 Å². The second-order valence-electron chi connectivity index (χ2n) is 5.56. The standard InChI is InChI=1S/C16H21N3O2/c1-11(2)10-19-12(3)8-15(18-19)17-9-13-6-4-5-7-14(13)16(20)21/h4-8,11H,9-10H2,1-3H3,(H,17,18)(H,20,21). The Hall–Kier alpha value is -2.30. The minimum atomic E-state index is -0.908. The van der Waals surface area contributed by atoms with Crippen LogP contribution in [0, 0.1) is 12.8 Å². The van der Waals surface area contributed by atoms with Gasteiger partial charge >= 0.3 is 5.97 Å². The quantitative estimate of drug-likeness (QED) is 0.856.